The van der Waals surface area contributed by atoms with Gasteiger partial charge in [-0.15, -0.1) is 0 Å². The van der Waals surface area contributed by atoms with Gasteiger partial charge >= 0.3 is 6.09 Å². The first-order valence-electron chi connectivity index (χ1n) is 14.2. The maximum Gasteiger partial charge on any atom is 0.411 e. The van der Waals surface area contributed by atoms with Crippen molar-refractivity contribution in [3.63, 3.8) is 0 Å². The summed E-state index contributed by atoms with van der Waals surface area (Å²) < 4.78 is 40.9. The highest BCUT2D eigenvalue weighted by atomic mass is 32.2. The van der Waals surface area contributed by atoms with Crippen LogP contribution < -0.4 is 14.8 Å². The summed E-state index contributed by atoms with van der Waals surface area (Å²) in [5.41, 5.74) is 4.14. The number of rotatable bonds is 8. The number of methoxy groups -OCH3 is 1. The smallest absolute Gasteiger partial charge is 0.411 e. The molecular formula is C33H36N4O6S. The molecule has 44 heavy (non-hydrogen) atoms. The summed E-state index contributed by atoms with van der Waals surface area (Å²) in [4.78, 5) is 25.4. The molecule has 0 saturated heterocycles. The number of aryl methyl sites for hydroxylation is 2. The lowest BCUT2D eigenvalue weighted by Crippen LogP contribution is -2.31. The number of hydrogen-bond donors (Lipinski definition) is 2. The molecule has 0 unspecified atom stereocenters. The van der Waals surface area contributed by atoms with Gasteiger partial charge in [0, 0.05) is 48.7 Å². The number of hydrogen-bond acceptors (Lipinski definition) is 7. The Bertz CT molecular complexity index is 1820. The van der Waals surface area contributed by atoms with Crippen LogP contribution in [0, 0.1) is 18.3 Å². The number of fused-ring (bicyclic) bond motifs is 1. The van der Waals surface area contributed by atoms with Crippen LogP contribution in [0.3, 0.4) is 0 Å². The first kappa shape index (κ1) is 32.1. The molecule has 0 spiro atoms. The second-order valence-corrected chi connectivity index (χ2v) is 12.2. The first-order valence-corrected chi connectivity index (χ1v) is 15.7. The predicted octanol–water partition coefficient (Wildman–Crippen LogP) is 6.23. The molecule has 5 rings (SSSR count). The van der Waals surface area contributed by atoms with Crippen molar-refractivity contribution in [1.82, 2.24) is 9.29 Å². The van der Waals surface area contributed by atoms with Gasteiger partial charge in [0.15, 0.2) is 0 Å². The highest BCUT2D eigenvalue weighted by Crippen LogP contribution is 2.30. The summed E-state index contributed by atoms with van der Waals surface area (Å²) in [6.07, 6.45) is 6.00. The van der Waals surface area contributed by atoms with Gasteiger partial charge in [-0.2, -0.15) is 5.26 Å². The number of nitrogens with zero attached hydrogens (tertiary/aromatic N) is 2. The van der Waals surface area contributed by atoms with E-state index in [0.717, 1.165) is 47.7 Å². The lowest BCUT2D eigenvalue weighted by Gasteiger charge is -2.13. The Morgan fingerprint density at radius 2 is 1.75 bits per heavy atom. The van der Waals surface area contributed by atoms with E-state index in [4.69, 9.17) is 14.7 Å². The molecule has 3 aromatic carbocycles. The summed E-state index contributed by atoms with van der Waals surface area (Å²) in [5.74, 6) is -0.291. The number of amides is 2. The second-order valence-electron chi connectivity index (χ2n) is 10.6. The monoisotopic (exact) mass is 616 g/mol. The Morgan fingerprint density at radius 1 is 1.05 bits per heavy atom. The highest BCUT2D eigenvalue weighted by Gasteiger charge is 2.22. The number of benzene rings is 3. The molecule has 230 valence electrons. The summed E-state index contributed by atoms with van der Waals surface area (Å²) in [7, 11) is -0.583. The fourth-order valence-electron chi connectivity index (χ4n) is 5.33. The molecule has 2 N–H and O–H groups in total. The maximum absolute atomic E-state index is 12.9. The molecule has 1 aliphatic carbocycles. The van der Waals surface area contributed by atoms with Crippen molar-refractivity contribution < 1.29 is 27.5 Å². The largest absolute Gasteiger partial charge is 0.496 e. The number of sulfonamides is 1. The van der Waals surface area contributed by atoms with Crippen LogP contribution in [0.15, 0.2) is 71.8 Å². The van der Waals surface area contributed by atoms with Crippen LogP contribution in [-0.4, -0.2) is 38.2 Å². The zero-order chi connectivity index (χ0) is 31.9. The quantitative estimate of drug-likeness (QED) is 0.239. The predicted molar refractivity (Wildman–Crippen MR) is 168 cm³/mol. The minimum absolute atomic E-state index is 0.0221. The number of nitriles is 1. The van der Waals surface area contributed by atoms with E-state index >= 15 is 0 Å². The third kappa shape index (κ3) is 7.57. The zero-order valence-electron chi connectivity index (χ0n) is 25.2. The van der Waals surface area contributed by atoms with Crippen molar-refractivity contribution in [2.24, 2.45) is 7.05 Å². The zero-order valence-corrected chi connectivity index (χ0v) is 26.0. The number of ether oxygens (including phenoxy) is 2. The van der Waals surface area contributed by atoms with Gasteiger partial charge in [-0.3, -0.25) is 10.1 Å². The van der Waals surface area contributed by atoms with Gasteiger partial charge < -0.3 is 14.0 Å². The van der Waals surface area contributed by atoms with Crippen LogP contribution in [0.25, 0.3) is 10.9 Å². The standard InChI is InChI=1S/C31H33N3O6S.C2H3N/c1-20-8-4-7-11-29(20)41(37,38)33-30(35)22-13-12-21(28(17-22)39-3)16-23-19-34(2)27-15-14-24(18-26(23)27)32-31(36)40-25-9-5-6-10-25;1-2-3/h4,7-8,11-15,17-19,25H,5-6,9-10,16H2,1-3H3,(H,32,36)(H,33,35);1H3. The lowest BCUT2D eigenvalue weighted by molar-refractivity contribution is 0.0980. The van der Waals surface area contributed by atoms with Crippen molar-refractivity contribution >= 4 is 38.6 Å². The molecule has 2 amide bonds. The van der Waals surface area contributed by atoms with Gasteiger partial charge in [-0.25, -0.2) is 17.9 Å². The molecule has 4 aromatic rings. The van der Waals surface area contributed by atoms with Crippen molar-refractivity contribution in [2.45, 2.75) is 57.0 Å². The minimum atomic E-state index is -4.04. The fraction of sp³-hybridized carbons (Fsp3) is 0.303. The molecule has 10 nitrogen and oxygen atoms in total. The minimum Gasteiger partial charge on any atom is -0.496 e. The van der Waals surface area contributed by atoms with E-state index < -0.39 is 22.0 Å². The highest BCUT2D eigenvalue weighted by molar-refractivity contribution is 7.90. The van der Waals surface area contributed by atoms with E-state index in [1.54, 1.807) is 43.3 Å². The van der Waals surface area contributed by atoms with Crippen LogP contribution in [-0.2, 0) is 28.2 Å². The molecule has 0 aliphatic heterocycles. The molecular weight excluding hydrogens is 580 g/mol. The number of carbonyl (C=O) groups excluding carboxylic acids is 2. The Morgan fingerprint density at radius 3 is 2.43 bits per heavy atom. The van der Waals surface area contributed by atoms with E-state index in [2.05, 4.69) is 10.0 Å². The molecule has 11 heteroatoms. The van der Waals surface area contributed by atoms with Gasteiger partial charge in [-0.1, -0.05) is 24.3 Å². The molecule has 0 bridgehead atoms. The lowest BCUT2D eigenvalue weighted by atomic mass is 10.0. The van der Waals surface area contributed by atoms with E-state index in [0.29, 0.717) is 23.4 Å². The molecule has 1 aromatic heterocycles. The van der Waals surface area contributed by atoms with Gasteiger partial charge in [-0.05, 0) is 85.7 Å². The Hall–Kier alpha value is -4.82. The molecule has 1 heterocycles. The third-order valence-corrected chi connectivity index (χ3v) is 8.93. The molecule has 1 fully saturated rings. The Kier molecular flexibility index (Phi) is 10.3. The second kappa shape index (κ2) is 14.1. The summed E-state index contributed by atoms with van der Waals surface area (Å²) in [6, 6.07) is 18.8. The van der Waals surface area contributed by atoms with Crippen molar-refractivity contribution in [2.75, 3.05) is 12.4 Å². The summed E-state index contributed by atoms with van der Waals surface area (Å²) in [6.45, 7) is 3.10. The van der Waals surface area contributed by atoms with E-state index in [-0.39, 0.29) is 16.6 Å². The van der Waals surface area contributed by atoms with Gasteiger partial charge in [0.2, 0.25) is 0 Å². The SMILES string of the molecule is CC#N.COc1cc(C(=O)NS(=O)(=O)c2ccccc2C)ccc1Cc1cn(C)c2ccc(NC(=O)OC3CCCC3)cc12. The van der Waals surface area contributed by atoms with E-state index in [1.165, 1.54) is 26.2 Å². The van der Waals surface area contributed by atoms with Crippen LogP contribution in [0.4, 0.5) is 10.5 Å². The number of anilines is 1. The van der Waals surface area contributed by atoms with Crippen LogP contribution in [0.5, 0.6) is 5.75 Å². The average molecular weight is 617 g/mol. The van der Waals surface area contributed by atoms with E-state index in [9.17, 15) is 18.0 Å². The van der Waals surface area contributed by atoms with Crippen molar-refractivity contribution in [1.29, 1.82) is 5.26 Å². The van der Waals surface area contributed by atoms with Gasteiger partial charge in [0.1, 0.15) is 11.9 Å². The Labute approximate surface area is 257 Å². The van der Waals surface area contributed by atoms with Crippen molar-refractivity contribution in [3.8, 4) is 11.8 Å². The maximum atomic E-state index is 12.9. The molecule has 0 radical (unpaired) electrons. The Balaban J connectivity index is 0.00000141. The van der Waals surface area contributed by atoms with Crippen molar-refractivity contribution in [3.05, 3.63) is 89.1 Å². The molecule has 0 atom stereocenters. The van der Waals surface area contributed by atoms with Crippen LogP contribution in [0.1, 0.15) is 59.7 Å². The fourth-order valence-corrected chi connectivity index (χ4v) is 6.55. The van der Waals surface area contributed by atoms with Crippen LogP contribution in [0.2, 0.25) is 0 Å². The van der Waals surface area contributed by atoms with Gasteiger partial charge in [0.25, 0.3) is 15.9 Å². The first-order chi connectivity index (χ1) is 21.1. The summed E-state index contributed by atoms with van der Waals surface area (Å²) in [5, 5.41) is 11.1. The number of aromatic nitrogens is 1. The normalized spacial score (nSPS) is 13.0. The van der Waals surface area contributed by atoms with Gasteiger partial charge in [0.05, 0.1) is 18.1 Å². The molecule has 1 saturated carbocycles. The average Bonchev–Trinajstić information content (AvgIpc) is 3.60. The summed E-state index contributed by atoms with van der Waals surface area (Å²) >= 11 is 0. The number of carbonyl (C=O) groups is 2. The number of nitrogens with one attached hydrogen (secondary N) is 2. The topological polar surface area (TPSA) is 140 Å². The molecule has 1 aliphatic rings. The van der Waals surface area contributed by atoms with E-state index in [1.807, 2.05) is 36.0 Å². The van der Waals surface area contributed by atoms with Crippen LogP contribution >= 0.6 is 0 Å². The third-order valence-electron chi connectivity index (χ3n) is 7.43.